The van der Waals surface area contributed by atoms with E-state index in [9.17, 15) is 4.79 Å². The smallest absolute Gasteiger partial charge is 0.228 e. The normalized spacial score (nSPS) is 16.1. The lowest BCUT2D eigenvalue weighted by Crippen LogP contribution is -2.28. The van der Waals surface area contributed by atoms with Gasteiger partial charge in [0.15, 0.2) is 0 Å². The van der Waals surface area contributed by atoms with E-state index in [1.165, 1.54) is 6.42 Å². The molecule has 1 aliphatic rings. The summed E-state index contributed by atoms with van der Waals surface area (Å²) in [4.78, 5) is 15.6. The van der Waals surface area contributed by atoms with E-state index in [4.69, 9.17) is 0 Å². The standard InChI is InChI=1S/C10H11IN2O/c11-8-4-5-9(12-6-8)13-10(14)7-2-1-3-7/h4-7H,1-3H2,(H,12,13,14). The monoisotopic (exact) mass is 302 g/mol. The van der Waals surface area contributed by atoms with Gasteiger partial charge in [-0.15, -0.1) is 0 Å². The molecule has 1 amide bonds. The molecule has 74 valence electrons. The van der Waals surface area contributed by atoms with Crippen LogP contribution >= 0.6 is 22.6 Å². The summed E-state index contributed by atoms with van der Waals surface area (Å²) in [6.45, 7) is 0. The van der Waals surface area contributed by atoms with Crippen LogP contribution in [0.2, 0.25) is 0 Å². The number of rotatable bonds is 2. The highest BCUT2D eigenvalue weighted by Crippen LogP contribution is 2.27. The van der Waals surface area contributed by atoms with Crippen LogP contribution in [-0.2, 0) is 4.79 Å². The highest BCUT2D eigenvalue weighted by atomic mass is 127. The van der Waals surface area contributed by atoms with E-state index in [-0.39, 0.29) is 11.8 Å². The third kappa shape index (κ3) is 2.23. The molecule has 0 bridgehead atoms. The van der Waals surface area contributed by atoms with E-state index in [0.717, 1.165) is 16.4 Å². The van der Waals surface area contributed by atoms with Crippen molar-refractivity contribution in [3.8, 4) is 0 Å². The molecule has 1 aromatic heterocycles. The Labute approximate surface area is 96.4 Å². The van der Waals surface area contributed by atoms with Crippen molar-refractivity contribution in [3.63, 3.8) is 0 Å². The summed E-state index contributed by atoms with van der Waals surface area (Å²) in [7, 11) is 0. The first-order valence-electron chi connectivity index (χ1n) is 4.68. The maximum Gasteiger partial charge on any atom is 0.228 e. The predicted molar refractivity (Wildman–Crippen MR) is 62.9 cm³/mol. The van der Waals surface area contributed by atoms with Crippen LogP contribution in [0.15, 0.2) is 18.3 Å². The van der Waals surface area contributed by atoms with Crippen LogP contribution < -0.4 is 5.32 Å². The van der Waals surface area contributed by atoms with Gasteiger partial charge in [-0.25, -0.2) is 4.98 Å². The lowest BCUT2D eigenvalue weighted by atomic mass is 9.85. The second-order valence-electron chi connectivity index (χ2n) is 3.48. The van der Waals surface area contributed by atoms with Gasteiger partial charge in [0.25, 0.3) is 0 Å². The van der Waals surface area contributed by atoms with Gasteiger partial charge in [-0.3, -0.25) is 4.79 Å². The fourth-order valence-electron chi connectivity index (χ4n) is 1.35. The van der Waals surface area contributed by atoms with Gasteiger partial charge in [0, 0.05) is 15.7 Å². The van der Waals surface area contributed by atoms with Gasteiger partial charge >= 0.3 is 0 Å². The Hall–Kier alpha value is -0.650. The molecule has 1 saturated carbocycles. The number of carbonyl (C=O) groups is 1. The van der Waals surface area contributed by atoms with Gasteiger partial charge in [-0.2, -0.15) is 0 Å². The van der Waals surface area contributed by atoms with Crippen LogP contribution in [0.3, 0.4) is 0 Å². The molecule has 3 nitrogen and oxygen atoms in total. The fourth-order valence-corrected chi connectivity index (χ4v) is 1.67. The van der Waals surface area contributed by atoms with E-state index in [2.05, 4.69) is 32.9 Å². The molecule has 0 atom stereocenters. The number of hydrogen-bond donors (Lipinski definition) is 1. The molecule has 1 fully saturated rings. The minimum absolute atomic E-state index is 0.116. The van der Waals surface area contributed by atoms with E-state index in [1.807, 2.05) is 12.1 Å². The first-order valence-corrected chi connectivity index (χ1v) is 5.76. The summed E-state index contributed by atoms with van der Waals surface area (Å²) >= 11 is 2.19. The zero-order valence-corrected chi connectivity index (χ0v) is 9.82. The van der Waals surface area contributed by atoms with Gasteiger partial charge in [-0.05, 0) is 47.6 Å². The molecule has 0 aromatic carbocycles. The Bertz CT molecular complexity index is 332. The zero-order valence-electron chi connectivity index (χ0n) is 7.66. The molecule has 0 radical (unpaired) electrons. The number of halogens is 1. The van der Waals surface area contributed by atoms with Crippen molar-refractivity contribution in [3.05, 3.63) is 21.9 Å². The Morgan fingerprint density at radius 3 is 2.79 bits per heavy atom. The first-order chi connectivity index (χ1) is 6.75. The number of anilines is 1. The third-order valence-electron chi connectivity index (χ3n) is 2.45. The third-order valence-corrected chi connectivity index (χ3v) is 3.09. The predicted octanol–water partition coefficient (Wildman–Crippen LogP) is 2.42. The number of hydrogen-bond acceptors (Lipinski definition) is 2. The molecule has 2 rings (SSSR count). The largest absolute Gasteiger partial charge is 0.310 e. The van der Waals surface area contributed by atoms with Crippen molar-refractivity contribution in [2.45, 2.75) is 19.3 Å². The van der Waals surface area contributed by atoms with Crippen LogP contribution in [-0.4, -0.2) is 10.9 Å². The van der Waals surface area contributed by atoms with Gasteiger partial charge in [0.2, 0.25) is 5.91 Å². The summed E-state index contributed by atoms with van der Waals surface area (Å²) < 4.78 is 1.07. The second-order valence-corrected chi connectivity index (χ2v) is 4.72. The Morgan fingerprint density at radius 2 is 2.29 bits per heavy atom. The van der Waals surface area contributed by atoms with Crippen molar-refractivity contribution in [2.24, 2.45) is 5.92 Å². The maximum absolute atomic E-state index is 11.5. The van der Waals surface area contributed by atoms with E-state index in [0.29, 0.717) is 5.82 Å². The minimum atomic E-state index is 0.116. The molecule has 14 heavy (non-hydrogen) atoms. The average molecular weight is 302 g/mol. The summed E-state index contributed by atoms with van der Waals surface area (Å²) in [5.74, 6) is 0.989. The minimum Gasteiger partial charge on any atom is -0.310 e. The topological polar surface area (TPSA) is 42.0 Å². The van der Waals surface area contributed by atoms with Gasteiger partial charge in [0.05, 0.1) is 0 Å². The lowest BCUT2D eigenvalue weighted by Gasteiger charge is -2.23. The molecule has 0 spiro atoms. The van der Waals surface area contributed by atoms with Gasteiger partial charge < -0.3 is 5.32 Å². The Balaban J connectivity index is 1.96. The van der Waals surface area contributed by atoms with Crippen molar-refractivity contribution in [1.29, 1.82) is 0 Å². The van der Waals surface area contributed by atoms with Crippen LogP contribution in [0.25, 0.3) is 0 Å². The molecule has 1 N–H and O–H groups in total. The van der Waals surface area contributed by atoms with Crippen LogP contribution in [0.4, 0.5) is 5.82 Å². The van der Waals surface area contributed by atoms with E-state index < -0.39 is 0 Å². The molecule has 1 aliphatic carbocycles. The van der Waals surface area contributed by atoms with Crippen LogP contribution in [0.5, 0.6) is 0 Å². The number of nitrogens with one attached hydrogen (secondary N) is 1. The van der Waals surface area contributed by atoms with Crippen LogP contribution in [0, 0.1) is 9.49 Å². The fraction of sp³-hybridized carbons (Fsp3) is 0.400. The van der Waals surface area contributed by atoms with Crippen molar-refractivity contribution >= 4 is 34.3 Å². The maximum atomic E-state index is 11.5. The highest BCUT2D eigenvalue weighted by Gasteiger charge is 2.25. The zero-order chi connectivity index (χ0) is 9.97. The summed E-state index contributed by atoms with van der Waals surface area (Å²) in [5.41, 5.74) is 0. The van der Waals surface area contributed by atoms with Gasteiger partial charge in [0.1, 0.15) is 5.82 Å². The first kappa shape index (κ1) is 9.89. The van der Waals surface area contributed by atoms with Gasteiger partial charge in [-0.1, -0.05) is 6.42 Å². The molecule has 0 unspecified atom stereocenters. The number of aromatic nitrogens is 1. The summed E-state index contributed by atoms with van der Waals surface area (Å²) in [6, 6.07) is 3.77. The molecule has 1 heterocycles. The number of amides is 1. The molecule has 1 aromatic rings. The summed E-state index contributed by atoms with van der Waals surface area (Å²) in [6.07, 6.45) is 4.97. The SMILES string of the molecule is O=C(Nc1ccc(I)cn1)C1CCC1. The molecular formula is C10H11IN2O. The van der Waals surface area contributed by atoms with Crippen LogP contribution in [0.1, 0.15) is 19.3 Å². The van der Waals surface area contributed by atoms with E-state index >= 15 is 0 Å². The number of carbonyl (C=O) groups excluding carboxylic acids is 1. The Kier molecular flexibility index (Phi) is 3.00. The van der Waals surface area contributed by atoms with E-state index in [1.54, 1.807) is 6.20 Å². The number of pyridine rings is 1. The van der Waals surface area contributed by atoms with Crippen molar-refractivity contribution in [2.75, 3.05) is 5.32 Å². The molecule has 0 saturated heterocycles. The average Bonchev–Trinajstić information content (AvgIpc) is 2.06. The molecular weight excluding hydrogens is 291 g/mol. The second kappa shape index (κ2) is 4.25. The summed E-state index contributed by atoms with van der Waals surface area (Å²) in [5, 5.41) is 2.82. The van der Waals surface area contributed by atoms with Crippen molar-refractivity contribution < 1.29 is 4.79 Å². The molecule has 0 aliphatic heterocycles. The molecule has 4 heteroatoms. The number of nitrogens with zero attached hydrogens (tertiary/aromatic N) is 1. The Morgan fingerprint density at radius 1 is 1.50 bits per heavy atom. The quantitative estimate of drug-likeness (QED) is 0.853. The van der Waals surface area contributed by atoms with Crippen molar-refractivity contribution in [1.82, 2.24) is 4.98 Å². The lowest BCUT2D eigenvalue weighted by molar-refractivity contribution is -0.122. The highest BCUT2D eigenvalue weighted by molar-refractivity contribution is 14.1.